The van der Waals surface area contributed by atoms with E-state index in [0.29, 0.717) is 0 Å². The first-order valence-electron chi connectivity index (χ1n) is 3.96. The molecule has 0 spiro atoms. The smallest absolute Gasteiger partial charge is 0.0232 e. The molecule has 0 N–H and O–H groups in total. The minimum absolute atomic E-state index is 0.725. The Balaban J connectivity index is 3.61. The van der Waals surface area contributed by atoms with Gasteiger partial charge in [-0.1, -0.05) is 24.6 Å². The van der Waals surface area contributed by atoms with Gasteiger partial charge in [0.15, 0.2) is 0 Å². The molecule has 0 aliphatic carbocycles. The van der Waals surface area contributed by atoms with Crippen LogP contribution in [0.1, 0.15) is 33.6 Å². The minimum atomic E-state index is 0.725. The third kappa shape index (κ3) is 3.49. The van der Waals surface area contributed by atoms with Crippen LogP contribution in [0.15, 0.2) is 24.3 Å². The molecule has 0 heterocycles. The SMILES string of the molecule is C=CCCC(C)/C(C)=C/C. The lowest BCUT2D eigenvalue weighted by molar-refractivity contribution is 0.621. The van der Waals surface area contributed by atoms with Crippen molar-refractivity contribution in [3.05, 3.63) is 24.3 Å². The van der Waals surface area contributed by atoms with Crippen LogP contribution in [-0.2, 0) is 0 Å². The van der Waals surface area contributed by atoms with Gasteiger partial charge < -0.3 is 0 Å². The molecule has 0 nitrogen and oxygen atoms in total. The predicted molar refractivity (Wildman–Crippen MR) is 48.0 cm³/mol. The summed E-state index contributed by atoms with van der Waals surface area (Å²) in [4.78, 5) is 0. The molecule has 0 saturated carbocycles. The summed E-state index contributed by atoms with van der Waals surface area (Å²) in [5, 5.41) is 0. The molecule has 1 unspecified atom stereocenters. The van der Waals surface area contributed by atoms with Crippen molar-refractivity contribution in [3.8, 4) is 0 Å². The molecule has 0 amide bonds. The van der Waals surface area contributed by atoms with Crippen molar-refractivity contribution in [2.75, 3.05) is 0 Å². The zero-order chi connectivity index (χ0) is 7.98. The first kappa shape index (κ1) is 9.48. The Morgan fingerprint density at radius 1 is 1.60 bits per heavy atom. The van der Waals surface area contributed by atoms with Gasteiger partial charge in [-0.2, -0.15) is 0 Å². The fraction of sp³-hybridized carbons (Fsp3) is 0.600. The Hall–Kier alpha value is -0.520. The Kier molecular flexibility index (Phi) is 5.00. The van der Waals surface area contributed by atoms with E-state index in [1.54, 1.807) is 0 Å². The fourth-order valence-corrected chi connectivity index (χ4v) is 0.880. The van der Waals surface area contributed by atoms with Gasteiger partial charge in [-0.25, -0.2) is 0 Å². The van der Waals surface area contributed by atoms with Crippen LogP contribution >= 0.6 is 0 Å². The highest BCUT2D eigenvalue weighted by Crippen LogP contribution is 2.15. The summed E-state index contributed by atoms with van der Waals surface area (Å²) in [7, 11) is 0. The summed E-state index contributed by atoms with van der Waals surface area (Å²) >= 11 is 0. The largest absolute Gasteiger partial charge is 0.103 e. The normalized spacial score (nSPS) is 14.9. The lowest BCUT2D eigenvalue weighted by Crippen LogP contribution is -1.94. The maximum Gasteiger partial charge on any atom is -0.0232 e. The average molecular weight is 138 g/mol. The van der Waals surface area contributed by atoms with Crippen molar-refractivity contribution in [2.45, 2.75) is 33.6 Å². The minimum Gasteiger partial charge on any atom is -0.103 e. The molecule has 0 heteroatoms. The quantitative estimate of drug-likeness (QED) is 0.521. The molecule has 0 aromatic carbocycles. The van der Waals surface area contributed by atoms with Gasteiger partial charge in [-0.15, -0.1) is 6.58 Å². The molecule has 0 aliphatic rings. The summed E-state index contributed by atoms with van der Waals surface area (Å²) < 4.78 is 0. The van der Waals surface area contributed by atoms with Gasteiger partial charge in [-0.3, -0.25) is 0 Å². The van der Waals surface area contributed by atoms with E-state index in [1.807, 2.05) is 6.08 Å². The molecule has 1 atom stereocenters. The zero-order valence-electron chi connectivity index (χ0n) is 7.35. The van der Waals surface area contributed by atoms with Crippen LogP contribution < -0.4 is 0 Å². The van der Waals surface area contributed by atoms with Gasteiger partial charge in [0.2, 0.25) is 0 Å². The van der Waals surface area contributed by atoms with Gasteiger partial charge in [0, 0.05) is 0 Å². The molecular formula is C10H18. The first-order valence-corrected chi connectivity index (χ1v) is 3.96. The fourth-order valence-electron chi connectivity index (χ4n) is 0.880. The molecule has 0 aromatic rings. The molecule has 0 aromatic heterocycles. The second-order valence-corrected chi connectivity index (χ2v) is 2.80. The standard InChI is InChI=1S/C10H18/c1-5-7-8-10(4)9(3)6-2/h5-6,10H,1,7-8H2,2-4H3/b9-6+. The average Bonchev–Trinajstić information content (AvgIpc) is 1.98. The lowest BCUT2D eigenvalue weighted by Gasteiger charge is -2.09. The highest BCUT2D eigenvalue weighted by Gasteiger charge is 2.00. The predicted octanol–water partition coefficient (Wildman–Crippen LogP) is 3.55. The number of rotatable bonds is 4. The summed E-state index contributed by atoms with van der Waals surface area (Å²) in [6.45, 7) is 10.2. The molecular weight excluding hydrogens is 120 g/mol. The third-order valence-corrected chi connectivity index (χ3v) is 2.04. The molecule has 0 fully saturated rings. The molecule has 0 saturated heterocycles. The number of allylic oxidation sites excluding steroid dienone is 3. The molecule has 0 aliphatic heterocycles. The van der Waals surface area contributed by atoms with Crippen molar-refractivity contribution >= 4 is 0 Å². The third-order valence-electron chi connectivity index (χ3n) is 2.04. The van der Waals surface area contributed by atoms with Crippen LogP contribution in [0.4, 0.5) is 0 Å². The van der Waals surface area contributed by atoms with Crippen molar-refractivity contribution in [2.24, 2.45) is 5.92 Å². The Morgan fingerprint density at radius 2 is 2.20 bits per heavy atom. The van der Waals surface area contributed by atoms with E-state index in [9.17, 15) is 0 Å². The molecule has 58 valence electrons. The van der Waals surface area contributed by atoms with E-state index >= 15 is 0 Å². The van der Waals surface area contributed by atoms with Gasteiger partial charge in [0.1, 0.15) is 0 Å². The molecule has 10 heavy (non-hydrogen) atoms. The van der Waals surface area contributed by atoms with E-state index in [0.717, 1.165) is 12.3 Å². The number of hydrogen-bond donors (Lipinski definition) is 0. The van der Waals surface area contributed by atoms with Crippen LogP contribution in [0.5, 0.6) is 0 Å². The second kappa shape index (κ2) is 5.28. The van der Waals surface area contributed by atoms with Crippen LogP contribution in [0.3, 0.4) is 0 Å². The lowest BCUT2D eigenvalue weighted by atomic mass is 9.97. The van der Waals surface area contributed by atoms with Gasteiger partial charge in [0.25, 0.3) is 0 Å². The van der Waals surface area contributed by atoms with Crippen LogP contribution in [0.25, 0.3) is 0 Å². The second-order valence-electron chi connectivity index (χ2n) is 2.80. The van der Waals surface area contributed by atoms with Crippen molar-refractivity contribution in [1.82, 2.24) is 0 Å². The molecule has 0 rings (SSSR count). The van der Waals surface area contributed by atoms with Gasteiger partial charge in [0.05, 0.1) is 0 Å². The van der Waals surface area contributed by atoms with Crippen molar-refractivity contribution in [1.29, 1.82) is 0 Å². The Morgan fingerprint density at radius 3 is 2.60 bits per heavy atom. The van der Waals surface area contributed by atoms with Crippen LogP contribution in [-0.4, -0.2) is 0 Å². The van der Waals surface area contributed by atoms with E-state index in [4.69, 9.17) is 0 Å². The van der Waals surface area contributed by atoms with E-state index in [1.165, 1.54) is 12.0 Å². The van der Waals surface area contributed by atoms with Crippen LogP contribution in [0, 0.1) is 5.92 Å². The van der Waals surface area contributed by atoms with Gasteiger partial charge >= 0.3 is 0 Å². The highest BCUT2D eigenvalue weighted by atomic mass is 14.1. The molecule has 0 bridgehead atoms. The van der Waals surface area contributed by atoms with E-state index < -0.39 is 0 Å². The van der Waals surface area contributed by atoms with Crippen molar-refractivity contribution < 1.29 is 0 Å². The van der Waals surface area contributed by atoms with E-state index in [2.05, 4.69) is 33.4 Å². The first-order chi connectivity index (χ1) is 4.72. The van der Waals surface area contributed by atoms with E-state index in [-0.39, 0.29) is 0 Å². The summed E-state index contributed by atoms with van der Waals surface area (Å²) in [6.07, 6.45) is 6.54. The Labute approximate surface area is 64.6 Å². The monoisotopic (exact) mass is 138 g/mol. The van der Waals surface area contributed by atoms with Crippen LogP contribution in [0.2, 0.25) is 0 Å². The summed E-state index contributed by atoms with van der Waals surface area (Å²) in [6, 6.07) is 0. The van der Waals surface area contributed by atoms with Crippen molar-refractivity contribution in [3.63, 3.8) is 0 Å². The highest BCUT2D eigenvalue weighted by molar-refractivity contribution is 5.00. The Bertz CT molecular complexity index is 120. The zero-order valence-corrected chi connectivity index (χ0v) is 7.35. The van der Waals surface area contributed by atoms with Gasteiger partial charge in [-0.05, 0) is 32.6 Å². The number of hydrogen-bond acceptors (Lipinski definition) is 0. The maximum atomic E-state index is 3.70. The maximum absolute atomic E-state index is 3.70. The topological polar surface area (TPSA) is 0 Å². The summed E-state index contributed by atoms with van der Waals surface area (Å²) in [5.41, 5.74) is 1.49. The summed E-state index contributed by atoms with van der Waals surface area (Å²) in [5.74, 6) is 0.725. The molecule has 0 radical (unpaired) electrons.